The van der Waals surface area contributed by atoms with Gasteiger partial charge in [0.15, 0.2) is 0 Å². The third kappa shape index (κ3) is 3.80. The Morgan fingerprint density at radius 3 is 2.21 bits per heavy atom. The Morgan fingerprint density at radius 2 is 1.63 bits per heavy atom. The predicted octanol–water partition coefficient (Wildman–Crippen LogP) is 4.83. The fourth-order valence-corrected chi connectivity index (χ4v) is 2.73. The van der Waals surface area contributed by atoms with Crippen molar-refractivity contribution in [3.05, 3.63) is 63.4 Å². The van der Waals surface area contributed by atoms with Gasteiger partial charge in [-0.1, -0.05) is 28.1 Å². The molecule has 0 radical (unpaired) electrons. The average Bonchev–Trinajstić information content (AvgIpc) is 2.34. The summed E-state index contributed by atoms with van der Waals surface area (Å²) in [5.41, 5.74) is 3.31. The van der Waals surface area contributed by atoms with Gasteiger partial charge in [-0.3, -0.25) is 0 Å². The average molecular weight is 323 g/mol. The van der Waals surface area contributed by atoms with Gasteiger partial charge < -0.3 is 4.74 Å². The molecule has 0 amide bonds. The molecule has 0 fully saturated rings. The maximum Gasteiger partial charge on any atom is 0.125 e. The van der Waals surface area contributed by atoms with Crippen LogP contribution in [0.15, 0.2) is 40.9 Å². The number of ether oxygens (including phenoxy) is 1. The van der Waals surface area contributed by atoms with Gasteiger partial charge in [-0.2, -0.15) is 0 Å². The number of benzene rings is 2. The summed E-state index contributed by atoms with van der Waals surface area (Å²) < 4.78 is 19.7. The Labute approximate surface area is 121 Å². The first kappa shape index (κ1) is 14.1. The van der Waals surface area contributed by atoms with Gasteiger partial charge >= 0.3 is 0 Å². The predicted molar refractivity (Wildman–Crippen MR) is 79.2 cm³/mol. The van der Waals surface area contributed by atoms with E-state index in [2.05, 4.69) is 15.9 Å². The minimum atomic E-state index is -0.204. The molecule has 0 spiro atoms. The molecule has 0 heterocycles. The van der Waals surface area contributed by atoms with E-state index in [0.29, 0.717) is 6.61 Å². The molecule has 1 nitrogen and oxygen atoms in total. The zero-order valence-corrected chi connectivity index (χ0v) is 12.6. The van der Waals surface area contributed by atoms with E-state index >= 15 is 0 Å². The Balaban J connectivity index is 1.98. The van der Waals surface area contributed by atoms with E-state index in [1.165, 1.54) is 12.1 Å². The third-order valence-electron chi connectivity index (χ3n) is 2.98. The van der Waals surface area contributed by atoms with Gasteiger partial charge in [0.2, 0.25) is 0 Å². The topological polar surface area (TPSA) is 9.23 Å². The first-order valence-electron chi connectivity index (χ1n) is 6.20. The Morgan fingerprint density at radius 1 is 1.05 bits per heavy atom. The fraction of sp³-hybridized carbons (Fsp3) is 0.250. The zero-order valence-electron chi connectivity index (χ0n) is 11.0. The second-order valence-corrected chi connectivity index (χ2v) is 5.51. The van der Waals surface area contributed by atoms with Crippen LogP contribution >= 0.6 is 15.9 Å². The lowest BCUT2D eigenvalue weighted by Gasteiger charge is -2.12. The lowest BCUT2D eigenvalue weighted by atomic mass is 10.1. The van der Waals surface area contributed by atoms with Gasteiger partial charge in [-0.25, -0.2) is 4.39 Å². The molecular formula is C16H16BrFO. The maximum absolute atomic E-state index is 12.8. The van der Waals surface area contributed by atoms with Crippen molar-refractivity contribution in [3.8, 4) is 5.75 Å². The molecule has 2 aromatic carbocycles. The Bertz CT molecular complexity index is 540. The normalized spacial score (nSPS) is 10.5. The van der Waals surface area contributed by atoms with E-state index in [9.17, 15) is 4.39 Å². The molecule has 0 atom stereocenters. The van der Waals surface area contributed by atoms with Crippen molar-refractivity contribution in [2.75, 3.05) is 6.61 Å². The Kier molecular flexibility index (Phi) is 4.59. The van der Waals surface area contributed by atoms with Crippen LogP contribution in [0.5, 0.6) is 5.75 Å². The van der Waals surface area contributed by atoms with E-state index in [1.807, 2.05) is 26.0 Å². The van der Waals surface area contributed by atoms with E-state index < -0.39 is 0 Å². The largest absolute Gasteiger partial charge is 0.493 e. The molecule has 3 heteroatoms. The summed E-state index contributed by atoms with van der Waals surface area (Å²) in [6.45, 7) is 4.66. The summed E-state index contributed by atoms with van der Waals surface area (Å²) in [4.78, 5) is 0. The minimum Gasteiger partial charge on any atom is -0.493 e. The molecule has 0 N–H and O–H groups in total. The van der Waals surface area contributed by atoms with Gasteiger partial charge in [0.1, 0.15) is 11.6 Å². The third-order valence-corrected chi connectivity index (χ3v) is 3.43. The van der Waals surface area contributed by atoms with Crippen LogP contribution in [0.4, 0.5) is 4.39 Å². The van der Waals surface area contributed by atoms with Gasteiger partial charge in [0, 0.05) is 10.9 Å². The molecule has 100 valence electrons. The van der Waals surface area contributed by atoms with E-state index in [-0.39, 0.29) is 5.82 Å². The quantitative estimate of drug-likeness (QED) is 0.783. The summed E-state index contributed by atoms with van der Waals surface area (Å²) in [7, 11) is 0. The highest BCUT2D eigenvalue weighted by Crippen LogP contribution is 2.27. The summed E-state index contributed by atoms with van der Waals surface area (Å²) in [5.74, 6) is 0.731. The second kappa shape index (κ2) is 6.20. The molecule has 19 heavy (non-hydrogen) atoms. The van der Waals surface area contributed by atoms with Crippen LogP contribution in [-0.2, 0) is 6.42 Å². The number of rotatable bonds is 4. The highest BCUT2D eigenvalue weighted by atomic mass is 79.9. The number of hydrogen-bond acceptors (Lipinski definition) is 1. The van der Waals surface area contributed by atoms with Gasteiger partial charge in [-0.05, 0) is 54.8 Å². The van der Waals surface area contributed by atoms with Crippen molar-refractivity contribution in [3.63, 3.8) is 0 Å². The van der Waals surface area contributed by atoms with Crippen LogP contribution in [0.25, 0.3) is 0 Å². The Hall–Kier alpha value is -1.35. The SMILES string of the molecule is Cc1cc(Br)cc(C)c1OCCc1ccc(F)cc1. The van der Waals surface area contributed by atoms with Crippen LogP contribution in [0.3, 0.4) is 0 Å². The molecule has 0 aliphatic carbocycles. The maximum atomic E-state index is 12.8. The van der Waals surface area contributed by atoms with E-state index in [1.54, 1.807) is 12.1 Å². The summed E-state index contributed by atoms with van der Waals surface area (Å²) >= 11 is 3.47. The van der Waals surface area contributed by atoms with Crippen molar-refractivity contribution in [1.82, 2.24) is 0 Å². The summed E-state index contributed by atoms with van der Waals surface area (Å²) in [5, 5.41) is 0. The summed E-state index contributed by atoms with van der Waals surface area (Å²) in [6, 6.07) is 10.6. The van der Waals surface area contributed by atoms with Crippen LogP contribution in [0.1, 0.15) is 16.7 Å². The molecule has 0 aliphatic heterocycles. The molecular weight excluding hydrogens is 307 g/mol. The van der Waals surface area contributed by atoms with Crippen molar-refractivity contribution in [1.29, 1.82) is 0 Å². The van der Waals surface area contributed by atoms with Crippen molar-refractivity contribution < 1.29 is 9.13 Å². The standard InChI is InChI=1S/C16H16BrFO/c1-11-9-14(17)10-12(2)16(11)19-8-7-13-3-5-15(18)6-4-13/h3-6,9-10H,7-8H2,1-2H3. The molecule has 2 rings (SSSR count). The number of hydrogen-bond donors (Lipinski definition) is 0. The molecule has 0 saturated heterocycles. The molecule has 0 unspecified atom stereocenters. The molecule has 2 aromatic rings. The highest BCUT2D eigenvalue weighted by molar-refractivity contribution is 9.10. The van der Waals surface area contributed by atoms with Gasteiger partial charge in [-0.15, -0.1) is 0 Å². The number of halogens is 2. The second-order valence-electron chi connectivity index (χ2n) is 4.59. The monoisotopic (exact) mass is 322 g/mol. The van der Waals surface area contributed by atoms with Crippen molar-refractivity contribution in [2.24, 2.45) is 0 Å². The number of aryl methyl sites for hydroxylation is 2. The highest BCUT2D eigenvalue weighted by Gasteiger charge is 2.05. The van der Waals surface area contributed by atoms with Crippen LogP contribution in [0, 0.1) is 19.7 Å². The lowest BCUT2D eigenvalue weighted by molar-refractivity contribution is 0.317. The van der Waals surface area contributed by atoms with Crippen molar-refractivity contribution >= 4 is 15.9 Å². The zero-order chi connectivity index (χ0) is 13.8. The first-order chi connectivity index (χ1) is 9.06. The molecule has 0 aliphatic rings. The van der Waals surface area contributed by atoms with Crippen LogP contribution in [0.2, 0.25) is 0 Å². The van der Waals surface area contributed by atoms with E-state index in [4.69, 9.17) is 4.74 Å². The molecule has 0 aromatic heterocycles. The lowest BCUT2D eigenvalue weighted by Crippen LogP contribution is -2.04. The first-order valence-corrected chi connectivity index (χ1v) is 6.99. The van der Waals surface area contributed by atoms with Crippen LogP contribution < -0.4 is 4.74 Å². The molecule has 0 saturated carbocycles. The minimum absolute atomic E-state index is 0.204. The van der Waals surface area contributed by atoms with Crippen molar-refractivity contribution in [2.45, 2.75) is 20.3 Å². The van der Waals surface area contributed by atoms with E-state index in [0.717, 1.165) is 33.3 Å². The van der Waals surface area contributed by atoms with Crippen LogP contribution in [-0.4, -0.2) is 6.61 Å². The smallest absolute Gasteiger partial charge is 0.125 e. The molecule has 0 bridgehead atoms. The fourth-order valence-electron chi connectivity index (χ4n) is 2.05. The summed E-state index contributed by atoms with van der Waals surface area (Å²) in [6.07, 6.45) is 0.773. The van der Waals surface area contributed by atoms with Gasteiger partial charge in [0.05, 0.1) is 6.61 Å². The van der Waals surface area contributed by atoms with Gasteiger partial charge in [0.25, 0.3) is 0 Å².